The van der Waals surface area contributed by atoms with Crippen LogP contribution < -0.4 is 19.6 Å². The molecule has 0 heterocycles. The third-order valence-corrected chi connectivity index (χ3v) is 19.0. The van der Waals surface area contributed by atoms with Gasteiger partial charge in [0.1, 0.15) is 0 Å². The largest absolute Gasteiger partial charge is 0.310 e. The van der Waals surface area contributed by atoms with Crippen LogP contribution in [0.4, 0.5) is 68.2 Å². The molecule has 0 spiro atoms. The average Bonchev–Trinajstić information content (AvgIpc) is 0.736. The zero-order valence-corrected chi connectivity index (χ0v) is 54.8. The standard InChI is InChI=1S/C88H84N4/c1-9-61-17-33-69(34-18-61)89(70-35-19-62(10-2)20-36-70)77-49-53-81-82-54-50-79(91(73-41-25-65(13-5)26-42-73)74-43-27-66(14-6)28-44-74)59-87(82)88-60-80(92(75-45-29-67(15-7)30-46-75)76-47-31-68(16-8)32-48-76)52-56-84(88)83-55-51-78(58-86(83)85(81)57-77)90(71-37-21-63(11-3)22-38-71)72-39-23-64(12-4)24-40-72/h17-60H,9-16H2,1-8H3. The highest BCUT2D eigenvalue weighted by Gasteiger charge is 2.29. The first-order chi connectivity index (χ1) is 45.2. The van der Waals surface area contributed by atoms with Crippen LogP contribution in [0.2, 0.25) is 0 Å². The first-order valence-corrected chi connectivity index (χ1v) is 33.7. The molecule has 0 bridgehead atoms. The van der Waals surface area contributed by atoms with Gasteiger partial charge in [0.2, 0.25) is 0 Å². The highest BCUT2D eigenvalue weighted by atomic mass is 15.2. The van der Waals surface area contributed by atoms with Gasteiger partial charge in [-0.25, -0.2) is 0 Å². The molecular weight excluding hydrogens is 1110 g/mol. The topological polar surface area (TPSA) is 13.0 Å². The molecule has 12 aromatic rings. The number of rotatable bonds is 20. The van der Waals surface area contributed by atoms with Gasteiger partial charge in [-0.05, 0) is 286 Å². The summed E-state index contributed by atoms with van der Waals surface area (Å²) in [7, 11) is 0. The lowest BCUT2D eigenvalue weighted by atomic mass is 9.80. The molecule has 92 heavy (non-hydrogen) atoms. The van der Waals surface area contributed by atoms with E-state index in [9.17, 15) is 0 Å². The van der Waals surface area contributed by atoms with E-state index in [1.54, 1.807) is 0 Å². The summed E-state index contributed by atoms with van der Waals surface area (Å²) < 4.78 is 0. The van der Waals surface area contributed by atoms with Crippen LogP contribution in [0, 0.1) is 0 Å². The van der Waals surface area contributed by atoms with E-state index in [0.717, 1.165) is 164 Å². The minimum Gasteiger partial charge on any atom is -0.310 e. The lowest BCUT2D eigenvalue weighted by Gasteiger charge is -2.32. The second-order valence-corrected chi connectivity index (χ2v) is 24.4. The summed E-state index contributed by atoms with van der Waals surface area (Å²) in [5.74, 6) is 0. The van der Waals surface area contributed by atoms with Gasteiger partial charge in [0, 0.05) is 68.2 Å². The van der Waals surface area contributed by atoms with Crippen LogP contribution in [-0.4, -0.2) is 0 Å². The average molecular weight is 1200 g/mol. The van der Waals surface area contributed by atoms with Gasteiger partial charge in [0.15, 0.2) is 0 Å². The summed E-state index contributed by atoms with van der Waals surface area (Å²) >= 11 is 0. The van der Waals surface area contributed by atoms with E-state index in [1.807, 2.05) is 0 Å². The Morgan fingerprint density at radius 2 is 0.261 bits per heavy atom. The van der Waals surface area contributed by atoms with E-state index in [4.69, 9.17) is 0 Å². The summed E-state index contributed by atoms with van der Waals surface area (Å²) in [4.78, 5) is 9.79. The van der Waals surface area contributed by atoms with Crippen molar-refractivity contribution >= 4 is 68.2 Å². The molecule has 1 aliphatic carbocycles. The van der Waals surface area contributed by atoms with Crippen LogP contribution in [0.1, 0.15) is 99.9 Å². The maximum atomic E-state index is 2.48. The molecule has 0 N–H and O–H groups in total. The van der Waals surface area contributed by atoms with Gasteiger partial charge >= 0.3 is 0 Å². The second-order valence-electron chi connectivity index (χ2n) is 24.4. The van der Waals surface area contributed by atoms with Gasteiger partial charge in [-0.15, -0.1) is 0 Å². The normalized spacial score (nSPS) is 11.4. The first-order valence-electron chi connectivity index (χ1n) is 33.7. The summed E-state index contributed by atoms with van der Waals surface area (Å²) in [6.07, 6.45) is 7.78. The lowest BCUT2D eigenvalue weighted by Crippen LogP contribution is -2.13. The maximum Gasteiger partial charge on any atom is 0.0468 e. The highest BCUT2D eigenvalue weighted by Crippen LogP contribution is 2.54. The summed E-state index contributed by atoms with van der Waals surface area (Å²) in [6, 6.07) is 102. The molecule has 0 saturated carbocycles. The van der Waals surface area contributed by atoms with Gasteiger partial charge in [-0.2, -0.15) is 0 Å². The van der Waals surface area contributed by atoms with Crippen molar-refractivity contribution in [3.05, 3.63) is 311 Å². The van der Waals surface area contributed by atoms with Crippen LogP contribution in [0.15, 0.2) is 267 Å². The number of nitrogens with zero attached hydrogens (tertiary/aromatic N) is 4. The molecule has 0 saturated heterocycles. The van der Waals surface area contributed by atoms with Crippen molar-refractivity contribution in [3.8, 4) is 44.5 Å². The van der Waals surface area contributed by atoms with Crippen molar-refractivity contribution in [3.63, 3.8) is 0 Å². The van der Waals surface area contributed by atoms with Gasteiger partial charge in [0.25, 0.3) is 0 Å². The van der Waals surface area contributed by atoms with Crippen LogP contribution in [0.25, 0.3) is 44.5 Å². The van der Waals surface area contributed by atoms with Gasteiger partial charge in [-0.1, -0.05) is 177 Å². The molecule has 0 radical (unpaired) electrons. The molecule has 1 aliphatic rings. The van der Waals surface area contributed by atoms with Crippen LogP contribution in [0.5, 0.6) is 0 Å². The van der Waals surface area contributed by atoms with Crippen molar-refractivity contribution in [2.24, 2.45) is 0 Å². The number of aryl methyl sites for hydroxylation is 8. The van der Waals surface area contributed by atoms with E-state index in [-0.39, 0.29) is 0 Å². The van der Waals surface area contributed by atoms with Crippen molar-refractivity contribution in [1.82, 2.24) is 0 Å². The minimum absolute atomic E-state index is 0.972. The van der Waals surface area contributed by atoms with Crippen molar-refractivity contribution in [2.75, 3.05) is 19.6 Å². The first kappa shape index (κ1) is 60.7. The third kappa shape index (κ3) is 12.2. The van der Waals surface area contributed by atoms with E-state index < -0.39 is 0 Å². The molecule has 12 aromatic carbocycles. The monoisotopic (exact) mass is 1200 g/mol. The quantitative estimate of drug-likeness (QED) is 0.0754. The summed E-state index contributed by atoms with van der Waals surface area (Å²) in [5.41, 5.74) is 33.0. The zero-order valence-electron chi connectivity index (χ0n) is 54.8. The number of hydrogen-bond donors (Lipinski definition) is 0. The molecule has 0 atom stereocenters. The Kier molecular flexibility index (Phi) is 17.9. The van der Waals surface area contributed by atoms with E-state index in [1.165, 1.54) is 44.5 Å². The van der Waals surface area contributed by atoms with Crippen LogP contribution in [0.3, 0.4) is 0 Å². The number of hydrogen-bond acceptors (Lipinski definition) is 4. The van der Waals surface area contributed by atoms with Crippen molar-refractivity contribution in [1.29, 1.82) is 0 Å². The van der Waals surface area contributed by atoms with Crippen LogP contribution >= 0.6 is 0 Å². The van der Waals surface area contributed by atoms with E-state index >= 15 is 0 Å². The predicted molar refractivity (Wildman–Crippen MR) is 396 cm³/mol. The smallest absolute Gasteiger partial charge is 0.0468 e. The Morgan fingerprint density at radius 1 is 0.141 bits per heavy atom. The fraction of sp³-hybridized carbons (Fsp3) is 0.182. The third-order valence-electron chi connectivity index (χ3n) is 19.0. The van der Waals surface area contributed by atoms with Gasteiger partial charge in [-0.3, -0.25) is 0 Å². The maximum absolute atomic E-state index is 2.48. The number of benzene rings is 12. The summed E-state index contributed by atoms with van der Waals surface area (Å²) in [6.45, 7) is 17.9. The predicted octanol–water partition coefficient (Wildman–Crippen LogP) is 25.0. The fourth-order valence-electron chi connectivity index (χ4n) is 13.4. The molecular formula is C88H84N4. The molecule has 4 nitrogen and oxygen atoms in total. The van der Waals surface area contributed by atoms with E-state index in [0.29, 0.717) is 0 Å². The molecule has 0 unspecified atom stereocenters. The summed E-state index contributed by atoms with van der Waals surface area (Å²) in [5, 5.41) is 0. The minimum atomic E-state index is 0.972. The molecule has 4 heteroatoms. The molecule has 0 amide bonds. The lowest BCUT2D eigenvalue weighted by molar-refractivity contribution is 1.13. The Hall–Kier alpha value is -10.2. The Morgan fingerprint density at radius 3 is 0.380 bits per heavy atom. The molecule has 456 valence electrons. The van der Waals surface area contributed by atoms with Gasteiger partial charge < -0.3 is 19.6 Å². The Bertz CT molecular complexity index is 3710. The molecule has 0 aromatic heterocycles. The SMILES string of the molecule is CCc1ccc(N(c2ccc(CC)cc2)c2ccc3c(c2)-c2cc(N(c4ccc(CC)cc4)c4ccc(CC)cc4)ccc2-c2ccc(N(c4ccc(CC)cc4)c4ccc(CC)cc4)cc2-c2cc(N(c4ccc(CC)cc4)c4ccc(CC)cc4)ccc2-3)cc1. The van der Waals surface area contributed by atoms with Crippen molar-refractivity contribution < 1.29 is 0 Å². The van der Waals surface area contributed by atoms with Crippen molar-refractivity contribution in [2.45, 2.75) is 107 Å². The Labute approximate surface area is 547 Å². The molecule has 0 aliphatic heterocycles. The Balaban J connectivity index is 1.12. The molecule has 0 fully saturated rings. The second kappa shape index (κ2) is 27.1. The number of fused-ring (bicyclic) bond motifs is 8. The van der Waals surface area contributed by atoms with E-state index in [2.05, 4.69) is 342 Å². The fourth-order valence-corrected chi connectivity index (χ4v) is 13.4. The van der Waals surface area contributed by atoms with Gasteiger partial charge in [0.05, 0.1) is 0 Å². The highest BCUT2D eigenvalue weighted by molar-refractivity contribution is 6.07. The molecule has 13 rings (SSSR count). The zero-order chi connectivity index (χ0) is 63.2. The number of anilines is 12. The van der Waals surface area contributed by atoms with Crippen LogP contribution in [-0.2, 0) is 51.4 Å².